The average molecular weight is 265 g/mol. The topological polar surface area (TPSA) is 40.7 Å². The minimum atomic E-state index is 1.00. The van der Waals surface area contributed by atoms with Crippen molar-refractivity contribution in [2.24, 2.45) is 0 Å². The maximum Gasteiger partial charge on any atom is 0.0498 e. The van der Waals surface area contributed by atoms with Crippen LogP contribution in [0.4, 0.5) is 5.69 Å². The molecule has 3 aromatic rings. The molecule has 3 heteroatoms. The van der Waals surface area contributed by atoms with Gasteiger partial charge in [-0.2, -0.15) is 0 Å². The molecule has 2 aromatic heterocycles. The maximum atomic E-state index is 4.28. The van der Waals surface area contributed by atoms with E-state index in [2.05, 4.69) is 52.5 Å². The van der Waals surface area contributed by atoms with E-state index < -0.39 is 0 Å². The molecule has 0 bridgehead atoms. The third-order valence-electron chi connectivity index (χ3n) is 3.73. The largest absolute Gasteiger partial charge is 0.388 e. The van der Waals surface area contributed by atoms with Gasteiger partial charge in [0, 0.05) is 46.8 Å². The van der Waals surface area contributed by atoms with Gasteiger partial charge in [-0.25, -0.2) is 0 Å². The van der Waals surface area contributed by atoms with Gasteiger partial charge in [0.05, 0.1) is 0 Å². The second kappa shape index (κ2) is 5.00. The lowest BCUT2D eigenvalue weighted by Gasteiger charge is -2.04. The van der Waals surface area contributed by atoms with Gasteiger partial charge in [0.1, 0.15) is 0 Å². The lowest BCUT2D eigenvalue weighted by molar-refractivity contribution is 1.15. The number of aromatic nitrogens is 2. The minimum absolute atomic E-state index is 1.00. The van der Waals surface area contributed by atoms with E-state index in [0.29, 0.717) is 0 Å². The number of H-pyrrole nitrogens is 1. The van der Waals surface area contributed by atoms with Crippen LogP contribution >= 0.6 is 0 Å². The van der Waals surface area contributed by atoms with Crippen LogP contribution < -0.4 is 5.32 Å². The van der Waals surface area contributed by atoms with Crippen LogP contribution in [0.1, 0.15) is 18.2 Å². The summed E-state index contributed by atoms with van der Waals surface area (Å²) < 4.78 is 0. The van der Waals surface area contributed by atoms with Crippen molar-refractivity contribution in [2.75, 3.05) is 12.4 Å². The van der Waals surface area contributed by atoms with Gasteiger partial charge >= 0.3 is 0 Å². The molecular formula is C17H19N3. The molecule has 0 radical (unpaired) electrons. The van der Waals surface area contributed by atoms with Crippen molar-refractivity contribution >= 4 is 16.6 Å². The smallest absolute Gasteiger partial charge is 0.0498 e. The number of rotatable bonds is 3. The fraction of sp³-hybridized carbons (Fsp3) is 0.235. The van der Waals surface area contributed by atoms with Gasteiger partial charge in [-0.3, -0.25) is 4.98 Å². The summed E-state index contributed by atoms with van der Waals surface area (Å²) in [5.74, 6) is 0. The number of aromatic amines is 1. The number of nitrogens with one attached hydrogen (secondary N) is 2. The van der Waals surface area contributed by atoms with Gasteiger partial charge in [-0.05, 0) is 49.2 Å². The van der Waals surface area contributed by atoms with Crippen LogP contribution in [0.3, 0.4) is 0 Å². The van der Waals surface area contributed by atoms with Crippen molar-refractivity contribution in [1.29, 1.82) is 0 Å². The van der Waals surface area contributed by atoms with Crippen molar-refractivity contribution in [1.82, 2.24) is 9.97 Å². The zero-order chi connectivity index (χ0) is 14.1. The van der Waals surface area contributed by atoms with Crippen molar-refractivity contribution in [2.45, 2.75) is 20.3 Å². The first-order chi connectivity index (χ1) is 9.72. The van der Waals surface area contributed by atoms with E-state index in [9.17, 15) is 0 Å². The van der Waals surface area contributed by atoms with Crippen LogP contribution in [-0.4, -0.2) is 17.0 Å². The van der Waals surface area contributed by atoms with Crippen molar-refractivity contribution in [3.8, 4) is 11.3 Å². The first-order valence-electron chi connectivity index (χ1n) is 6.98. The molecule has 0 saturated carbocycles. The second-order valence-electron chi connectivity index (χ2n) is 5.03. The number of pyridine rings is 1. The van der Waals surface area contributed by atoms with Crippen LogP contribution in [0.25, 0.3) is 22.2 Å². The van der Waals surface area contributed by atoms with E-state index in [4.69, 9.17) is 0 Å². The number of benzene rings is 1. The molecule has 0 aliphatic carbocycles. The van der Waals surface area contributed by atoms with Gasteiger partial charge < -0.3 is 10.3 Å². The van der Waals surface area contributed by atoms with E-state index in [1.54, 1.807) is 0 Å². The van der Waals surface area contributed by atoms with E-state index in [1.807, 2.05) is 20.2 Å². The van der Waals surface area contributed by atoms with Crippen LogP contribution in [0.15, 0.2) is 36.5 Å². The molecule has 0 fully saturated rings. The van der Waals surface area contributed by atoms with E-state index in [-0.39, 0.29) is 0 Å². The molecule has 102 valence electrons. The molecule has 0 atom stereocenters. The number of nitrogens with zero attached hydrogens (tertiary/aromatic N) is 1. The molecule has 1 aromatic carbocycles. The number of anilines is 1. The van der Waals surface area contributed by atoms with E-state index in [0.717, 1.165) is 17.8 Å². The Morgan fingerprint density at radius 1 is 1.20 bits per heavy atom. The predicted molar refractivity (Wildman–Crippen MR) is 85.2 cm³/mol. The summed E-state index contributed by atoms with van der Waals surface area (Å²) in [6.45, 7) is 4.23. The highest BCUT2D eigenvalue weighted by Crippen LogP contribution is 2.32. The fourth-order valence-corrected chi connectivity index (χ4v) is 2.72. The summed E-state index contributed by atoms with van der Waals surface area (Å²) in [6.07, 6.45) is 2.87. The van der Waals surface area contributed by atoms with Gasteiger partial charge in [0.25, 0.3) is 0 Å². The highest BCUT2D eigenvalue weighted by molar-refractivity contribution is 5.92. The minimum Gasteiger partial charge on any atom is -0.388 e. The quantitative estimate of drug-likeness (QED) is 0.747. The third kappa shape index (κ3) is 2.05. The van der Waals surface area contributed by atoms with Gasteiger partial charge in [0.2, 0.25) is 0 Å². The number of aryl methyl sites for hydroxylation is 2. The highest BCUT2D eigenvalue weighted by atomic mass is 14.8. The van der Waals surface area contributed by atoms with Gasteiger partial charge in [-0.15, -0.1) is 0 Å². The normalized spacial score (nSPS) is 10.9. The Hall–Kier alpha value is -2.29. The lowest BCUT2D eigenvalue weighted by Crippen LogP contribution is -1.88. The lowest BCUT2D eigenvalue weighted by atomic mass is 10.0. The Kier molecular flexibility index (Phi) is 3.18. The first kappa shape index (κ1) is 12.7. The molecule has 2 N–H and O–H groups in total. The zero-order valence-electron chi connectivity index (χ0n) is 12.1. The van der Waals surface area contributed by atoms with Crippen LogP contribution in [0, 0.1) is 6.92 Å². The summed E-state index contributed by atoms with van der Waals surface area (Å²) in [7, 11) is 1.95. The van der Waals surface area contributed by atoms with Gasteiger partial charge in [0.15, 0.2) is 0 Å². The maximum absolute atomic E-state index is 4.28. The number of hydrogen-bond acceptors (Lipinski definition) is 2. The molecule has 0 spiro atoms. The molecule has 0 amide bonds. The molecule has 3 rings (SSSR count). The molecule has 0 aliphatic heterocycles. The SMILES string of the molecule is CCc1c(-c2ccnc(C)c2)[nH]c2ccc(NC)cc12. The Morgan fingerprint density at radius 2 is 2.05 bits per heavy atom. The molecular weight excluding hydrogens is 246 g/mol. The summed E-state index contributed by atoms with van der Waals surface area (Å²) in [4.78, 5) is 7.83. The van der Waals surface area contributed by atoms with Crippen molar-refractivity contribution < 1.29 is 0 Å². The standard InChI is InChI=1S/C17H19N3/c1-4-14-15-10-13(18-3)5-6-16(15)20-17(14)12-7-8-19-11(2)9-12/h5-10,18,20H,4H2,1-3H3. The van der Waals surface area contributed by atoms with Crippen LogP contribution in [0.2, 0.25) is 0 Å². The summed E-state index contributed by atoms with van der Waals surface area (Å²) in [5.41, 5.74) is 7.15. The molecule has 0 saturated heterocycles. The second-order valence-corrected chi connectivity index (χ2v) is 5.03. The Labute approximate surface area is 119 Å². The number of hydrogen-bond donors (Lipinski definition) is 2. The van der Waals surface area contributed by atoms with E-state index >= 15 is 0 Å². The van der Waals surface area contributed by atoms with Crippen LogP contribution in [-0.2, 0) is 6.42 Å². The summed E-state index contributed by atoms with van der Waals surface area (Å²) in [5, 5.41) is 4.50. The summed E-state index contributed by atoms with van der Waals surface area (Å²) in [6, 6.07) is 10.6. The Balaban J connectivity index is 2.25. The first-order valence-corrected chi connectivity index (χ1v) is 6.98. The van der Waals surface area contributed by atoms with E-state index in [1.165, 1.54) is 27.7 Å². The predicted octanol–water partition coefficient (Wildman–Crippen LogP) is 4.14. The van der Waals surface area contributed by atoms with Crippen molar-refractivity contribution in [3.63, 3.8) is 0 Å². The Bertz CT molecular complexity index is 756. The summed E-state index contributed by atoms with van der Waals surface area (Å²) >= 11 is 0. The van der Waals surface area contributed by atoms with Crippen molar-refractivity contribution in [3.05, 3.63) is 47.8 Å². The molecule has 2 heterocycles. The highest BCUT2D eigenvalue weighted by Gasteiger charge is 2.12. The molecule has 3 nitrogen and oxygen atoms in total. The zero-order valence-corrected chi connectivity index (χ0v) is 12.1. The van der Waals surface area contributed by atoms with Gasteiger partial charge in [-0.1, -0.05) is 6.92 Å². The Morgan fingerprint density at radius 3 is 2.75 bits per heavy atom. The third-order valence-corrected chi connectivity index (χ3v) is 3.73. The average Bonchev–Trinajstić information content (AvgIpc) is 2.84. The molecule has 20 heavy (non-hydrogen) atoms. The van der Waals surface area contributed by atoms with Crippen LogP contribution in [0.5, 0.6) is 0 Å². The monoisotopic (exact) mass is 265 g/mol. The molecule has 0 unspecified atom stereocenters. The number of fused-ring (bicyclic) bond motifs is 1. The molecule has 0 aliphatic rings. The fourth-order valence-electron chi connectivity index (χ4n) is 2.72.